The molecule has 0 bridgehead atoms. The summed E-state index contributed by atoms with van der Waals surface area (Å²) >= 11 is 0. The standard InChI is InChI=1S/C15H17FN2/c1-10-6-13(7-11(2)18-10)15(17)9-12-4-3-5-14(16)8-12/h3-8,15H,9,17H2,1-2H3. The summed E-state index contributed by atoms with van der Waals surface area (Å²) in [5, 5.41) is 0. The van der Waals surface area contributed by atoms with Crippen LogP contribution in [-0.4, -0.2) is 4.98 Å². The van der Waals surface area contributed by atoms with Crippen LogP contribution in [0.1, 0.15) is 28.6 Å². The normalized spacial score (nSPS) is 12.4. The molecule has 1 atom stereocenters. The van der Waals surface area contributed by atoms with Gasteiger partial charge in [-0.15, -0.1) is 0 Å². The molecule has 1 aromatic heterocycles. The number of benzene rings is 1. The van der Waals surface area contributed by atoms with Crippen molar-refractivity contribution in [1.82, 2.24) is 4.98 Å². The highest BCUT2D eigenvalue weighted by Gasteiger charge is 2.09. The van der Waals surface area contributed by atoms with Crippen molar-refractivity contribution in [2.45, 2.75) is 26.3 Å². The average Bonchev–Trinajstić information content (AvgIpc) is 2.27. The van der Waals surface area contributed by atoms with Crippen LogP contribution in [0.15, 0.2) is 36.4 Å². The summed E-state index contributed by atoms with van der Waals surface area (Å²) in [6.07, 6.45) is 0.626. The van der Waals surface area contributed by atoms with Crippen molar-refractivity contribution in [3.63, 3.8) is 0 Å². The van der Waals surface area contributed by atoms with Gasteiger partial charge in [-0.2, -0.15) is 0 Å². The number of nitrogens with two attached hydrogens (primary N) is 1. The molecule has 1 heterocycles. The molecule has 0 fully saturated rings. The molecule has 2 nitrogen and oxygen atoms in total. The lowest BCUT2D eigenvalue weighted by molar-refractivity contribution is 0.622. The lowest BCUT2D eigenvalue weighted by atomic mass is 9.99. The third-order valence-corrected chi connectivity index (χ3v) is 2.88. The van der Waals surface area contributed by atoms with Crippen molar-refractivity contribution < 1.29 is 4.39 Å². The molecule has 0 aliphatic rings. The van der Waals surface area contributed by atoms with E-state index in [-0.39, 0.29) is 11.9 Å². The quantitative estimate of drug-likeness (QED) is 0.901. The van der Waals surface area contributed by atoms with Crippen LogP contribution in [-0.2, 0) is 6.42 Å². The van der Waals surface area contributed by atoms with Gasteiger partial charge in [-0.1, -0.05) is 12.1 Å². The zero-order chi connectivity index (χ0) is 13.1. The lowest BCUT2D eigenvalue weighted by Crippen LogP contribution is -2.14. The molecule has 2 rings (SSSR count). The van der Waals surface area contributed by atoms with E-state index in [9.17, 15) is 4.39 Å². The van der Waals surface area contributed by atoms with Gasteiger partial charge in [0.05, 0.1) is 0 Å². The molecule has 0 radical (unpaired) electrons. The summed E-state index contributed by atoms with van der Waals surface area (Å²) in [6, 6.07) is 10.4. The van der Waals surface area contributed by atoms with E-state index in [1.165, 1.54) is 12.1 Å². The summed E-state index contributed by atoms with van der Waals surface area (Å²) in [4.78, 5) is 4.32. The lowest BCUT2D eigenvalue weighted by Gasteiger charge is -2.13. The monoisotopic (exact) mass is 244 g/mol. The van der Waals surface area contributed by atoms with Crippen molar-refractivity contribution in [3.8, 4) is 0 Å². The second-order valence-electron chi connectivity index (χ2n) is 4.62. The van der Waals surface area contributed by atoms with E-state index in [0.29, 0.717) is 6.42 Å². The van der Waals surface area contributed by atoms with Gasteiger partial charge in [-0.3, -0.25) is 4.98 Å². The van der Waals surface area contributed by atoms with Crippen molar-refractivity contribution >= 4 is 0 Å². The molecular weight excluding hydrogens is 227 g/mol. The molecule has 0 amide bonds. The fourth-order valence-electron chi connectivity index (χ4n) is 2.12. The molecule has 3 heteroatoms. The van der Waals surface area contributed by atoms with Crippen molar-refractivity contribution in [3.05, 3.63) is 64.7 Å². The minimum absolute atomic E-state index is 0.132. The third-order valence-electron chi connectivity index (χ3n) is 2.88. The maximum atomic E-state index is 13.1. The number of aryl methyl sites for hydroxylation is 2. The zero-order valence-electron chi connectivity index (χ0n) is 10.7. The molecule has 0 spiro atoms. The summed E-state index contributed by atoms with van der Waals surface area (Å²) in [7, 11) is 0. The van der Waals surface area contributed by atoms with Crippen LogP contribution in [0.3, 0.4) is 0 Å². The van der Waals surface area contributed by atoms with Gasteiger partial charge in [0.15, 0.2) is 0 Å². The minimum atomic E-state index is -0.221. The first-order chi connectivity index (χ1) is 8.54. The second kappa shape index (κ2) is 5.27. The Hall–Kier alpha value is -1.74. The molecule has 0 aliphatic carbocycles. The van der Waals surface area contributed by atoms with Gasteiger partial charge in [-0.05, 0) is 55.7 Å². The number of rotatable bonds is 3. The number of hydrogen-bond donors (Lipinski definition) is 1. The Morgan fingerprint density at radius 3 is 2.44 bits per heavy atom. The fourth-order valence-corrected chi connectivity index (χ4v) is 2.12. The van der Waals surface area contributed by atoms with Crippen LogP contribution < -0.4 is 5.73 Å². The topological polar surface area (TPSA) is 38.9 Å². The van der Waals surface area contributed by atoms with E-state index in [2.05, 4.69) is 4.98 Å². The molecule has 18 heavy (non-hydrogen) atoms. The molecule has 0 saturated carbocycles. The predicted octanol–water partition coefficient (Wildman–Crippen LogP) is 3.08. The molecule has 94 valence electrons. The Bertz CT molecular complexity index is 532. The van der Waals surface area contributed by atoms with Gasteiger partial charge in [0.2, 0.25) is 0 Å². The Morgan fingerprint density at radius 2 is 1.83 bits per heavy atom. The number of halogens is 1. The Labute approximate surface area is 107 Å². The van der Waals surface area contributed by atoms with Crippen molar-refractivity contribution in [2.24, 2.45) is 5.73 Å². The van der Waals surface area contributed by atoms with Gasteiger partial charge < -0.3 is 5.73 Å². The zero-order valence-corrected chi connectivity index (χ0v) is 10.7. The van der Waals surface area contributed by atoms with E-state index in [1.54, 1.807) is 6.07 Å². The van der Waals surface area contributed by atoms with Gasteiger partial charge in [0, 0.05) is 17.4 Å². The molecule has 1 unspecified atom stereocenters. The number of pyridine rings is 1. The van der Waals surface area contributed by atoms with E-state index < -0.39 is 0 Å². The fraction of sp³-hybridized carbons (Fsp3) is 0.267. The van der Waals surface area contributed by atoms with Crippen LogP contribution in [0.25, 0.3) is 0 Å². The molecule has 0 aliphatic heterocycles. The summed E-state index contributed by atoms with van der Waals surface area (Å²) in [5.74, 6) is -0.221. The number of nitrogens with zero attached hydrogens (tertiary/aromatic N) is 1. The van der Waals surface area contributed by atoms with Crippen molar-refractivity contribution in [1.29, 1.82) is 0 Å². The smallest absolute Gasteiger partial charge is 0.123 e. The first-order valence-corrected chi connectivity index (χ1v) is 6.00. The highest BCUT2D eigenvalue weighted by Crippen LogP contribution is 2.18. The van der Waals surface area contributed by atoms with Crippen LogP contribution >= 0.6 is 0 Å². The Kier molecular flexibility index (Phi) is 3.72. The number of hydrogen-bond acceptors (Lipinski definition) is 2. The maximum Gasteiger partial charge on any atom is 0.123 e. The van der Waals surface area contributed by atoms with Gasteiger partial charge in [0.1, 0.15) is 5.82 Å². The van der Waals surface area contributed by atoms with Crippen LogP contribution in [0.4, 0.5) is 4.39 Å². The summed E-state index contributed by atoms with van der Waals surface area (Å²) in [6.45, 7) is 3.90. The minimum Gasteiger partial charge on any atom is -0.324 e. The second-order valence-corrected chi connectivity index (χ2v) is 4.62. The van der Waals surface area contributed by atoms with Crippen LogP contribution in [0.2, 0.25) is 0 Å². The summed E-state index contributed by atoms with van der Waals surface area (Å²) < 4.78 is 13.1. The first-order valence-electron chi connectivity index (χ1n) is 6.00. The van der Waals surface area contributed by atoms with Crippen LogP contribution in [0.5, 0.6) is 0 Å². The Morgan fingerprint density at radius 1 is 1.17 bits per heavy atom. The molecule has 2 N–H and O–H groups in total. The maximum absolute atomic E-state index is 13.1. The van der Waals surface area contributed by atoms with Crippen LogP contribution in [0, 0.1) is 19.7 Å². The third kappa shape index (κ3) is 3.14. The highest BCUT2D eigenvalue weighted by molar-refractivity contribution is 5.26. The largest absolute Gasteiger partial charge is 0.324 e. The predicted molar refractivity (Wildman–Crippen MR) is 70.7 cm³/mol. The molecule has 1 aromatic carbocycles. The van der Waals surface area contributed by atoms with E-state index >= 15 is 0 Å². The van der Waals surface area contributed by atoms with Gasteiger partial charge in [0.25, 0.3) is 0 Å². The van der Waals surface area contributed by atoms with Crippen molar-refractivity contribution in [2.75, 3.05) is 0 Å². The molecule has 0 saturated heterocycles. The van der Waals surface area contributed by atoms with Gasteiger partial charge in [-0.25, -0.2) is 4.39 Å². The highest BCUT2D eigenvalue weighted by atomic mass is 19.1. The molecular formula is C15H17FN2. The molecule has 2 aromatic rings. The number of aromatic nitrogens is 1. The van der Waals surface area contributed by atoms with Gasteiger partial charge >= 0.3 is 0 Å². The SMILES string of the molecule is Cc1cc(C(N)Cc2cccc(F)c2)cc(C)n1. The Balaban J connectivity index is 2.19. The first kappa shape index (κ1) is 12.7. The van der Waals surface area contributed by atoms with E-state index in [0.717, 1.165) is 22.5 Å². The van der Waals surface area contributed by atoms with E-state index in [1.807, 2.05) is 32.0 Å². The summed E-state index contributed by atoms with van der Waals surface area (Å²) in [5.41, 5.74) is 10.0. The average molecular weight is 244 g/mol. The van der Waals surface area contributed by atoms with E-state index in [4.69, 9.17) is 5.73 Å².